The molecule has 0 radical (unpaired) electrons. The molecule has 2 aromatic rings. The Balaban J connectivity index is 1.37. The molecule has 0 bridgehead atoms. The van der Waals surface area contributed by atoms with Crippen molar-refractivity contribution in [3.8, 4) is 0 Å². The summed E-state index contributed by atoms with van der Waals surface area (Å²) in [4.78, 5) is 28.5. The van der Waals surface area contributed by atoms with Crippen LogP contribution in [0.3, 0.4) is 0 Å². The number of piperazine rings is 1. The van der Waals surface area contributed by atoms with Gasteiger partial charge in [0.1, 0.15) is 11.6 Å². The Labute approximate surface area is 171 Å². The molecule has 0 saturated carbocycles. The first-order chi connectivity index (χ1) is 14.1. The molecule has 7 heteroatoms. The molecule has 29 heavy (non-hydrogen) atoms. The van der Waals surface area contributed by atoms with E-state index in [4.69, 9.17) is 4.98 Å². The van der Waals surface area contributed by atoms with Crippen molar-refractivity contribution in [1.29, 1.82) is 0 Å². The number of benzene rings is 1. The fraction of sp³-hybridized carbons (Fsp3) is 0.500. The van der Waals surface area contributed by atoms with E-state index >= 15 is 0 Å². The van der Waals surface area contributed by atoms with E-state index in [0.29, 0.717) is 19.5 Å². The maximum atomic E-state index is 13.0. The van der Waals surface area contributed by atoms with Crippen molar-refractivity contribution in [2.75, 3.05) is 49.1 Å². The minimum absolute atomic E-state index is 0.0872. The molecule has 0 aliphatic carbocycles. The Morgan fingerprint density at radius 2 is 1.62 bits per heavy atom. The summed E-state index contributed by atoms with van der Waals surface area (Å²) in [5, 5.41) is 0. The molecule has 2 aliphatic rings. The zero-order valence-electron chi connectivity index (χ0n) is 17.0. The Morgan fingerprint density at radius 3 is 2.31 bits per heavy atom. The van der Waals surface area contributed by atoms with Crippen molar-refractivity contribution >= 4 is 17.7 Å². The monoisotopic (exact) mass is 397 g/mol. The van der Waals surface area contributed by atoms with E-state index in [9.17, 15) is 9.18 Å². The van der Waals surface area contributed by atoms with Crippen LogP contribution in [0.2, 0.25) is 0 Å². The van der Waals surface area contributed by atoms with E-state index in [1.54, 1.807) is 12.1 Å². The molecule has 3 heterocycles. The predicted molar refractivity (Wildman–Crippen MR) is 112 cm³/mol. The number of hydrogen-bond donors (Lipinski definition) is 0. The number of aromatic nitrogens is 2. The molecule has 0 atom stereocenters. The van der Waals surface area contributed by atoms with Gasteiger partial charge in [0.15, 0.2) is 0 Å². The molecule has 6 nitrogen and oxygen atoms in total. The third-order valence-corrected chi connectivity index (χ3v) is 5.69. The van der Waals surface area contributed by atoms with Gasteiger partial charge in [-0.25, -0.2) is 9.37 Å². The Bertz CT molecular complexity index is 843. The molecule has 2 fully saturated rings. The van der Waals surface area contributed by atoms with Gasteiger partial charge < -0.3 is 14.7 Å². The van der Waals surface area contributed by atoms with Crippen LogP contribution in [0.5, 0.6) is 0 Å². The lowest BCUT2D eigenvalue weighted by molar-refractivity contribution is -0.130. The van der Waals surface area contributed by atoms with E-state index in [-0.39, 0.29) is 11.7 Å². The second-order valence-corrected chi connectivity index (χ2v) is 7.89. The summed E-state index contributed by atoms with van der Waals surface area (Å²) < 4.78 is 13.0. The van der Waals surface area contributed by atoms with Crippen LogP contribution in [0.15, 0.2) is 30.3 Å². The van der Waals surface area contributed by atoms with E-state index in [2.05, 4.69) is 14.8 Å². The summed E-state index contributed by atoms with van der Waals surface area (Å²) in [7, 11) is 0. The predicted octanol–water partition coefficient (Wildman–Crippen LogP) is 2.81. The first-order valence-electron chi connectivity index (χ1n) is 10.5. The minimum atomic E-state index is -0.279. The van der Waals surface area contributed by atoms with Crippen LogP contribution in [-0.2, 0) is 11.2 Å². The molecular formula is C22H28FN5O. The van der Waals surface area contributed by atoms with Gasteiger partial charge in [-0.2, -0.15) is 4.98 Å². The molecule has 2 saturated heterocycles. The van der Waals surface area contributed by atoms with Gasteiger partial charge in [0.05, 0.1) is 6.42 Å². The average Bonchev–Trinajstić information content (AvgIpc) is 2.75. The lowest BCUT2D eigenvalue weighted by atomic mass is 10.1. The number of anilines is 2. The highest BCUT2D eigenvalue weighted by Gasteiger charge is 2.23. The zero-order chi connectivity index (χ0) is 20.2. The van der Waals surface area contributed by atoms with E-state index in [1.165, 1.54) is 31.4 Å². The first-order valence-corrected chi connectivity index (χ1v) is 10.5. The van der Waals surface area contributed by atoms with Crippen molar-refractivity contribution in [3.05, 3.63) is 47.4 Å². The topological polar surface area (TPSA) is 52.6 Å². The van der Waals surface area contributed by atoms with Gasteiger partial charge in [-0.05, 0) is 43.9 Å². The summed E-state index contributed by atoms with van der Waals surface area (Å²) >= 11 is 0. The maximum Gasteiger partial charge on any atom is 0.227 e. The minimum Gasteiger partial charge on any atom is -0.353 e. The molecule has 4 rings (SSSR count). The molecular weight excluding hydrogens is 369 g/mol. The summed E-state index contributed by atoms with van der Waals surface area (Å²) in [6.45, 7) is 6.91. The second-order valence-electron chi connectivity index (χ2n) is 7.89. The highest BCUT2D eigenvalue weighted by Crippen LogP contribution is 2.22. The number of halogens is 1. The van der Waals surface area contributed by atoms with Crippen LogP contribution >= 0.6 is 0 Å². The molecule has 2 aliphatic heterocycles. The molecule has 0 N–H and O–H groups in total. The highest BCUT2D eigenvalue weighted by molar-refractivity contribution is 5.79. The highest BCUT2D eigenvalue weighted by atomic mass is 19.1. The van der Waals surface area contributed by atoms with E-state index in [1.807, 2.05) is 17.9 Å². The van der Waals surface area contributed by atoms with E-state index < -0.39 is 0 Å². The number of carbonyl (C=O) groups excluding carboxylic acids is 1. The third kappa shape index (κ3) is 4.83. The summed E-state index contributed by atoms with van der Waals surface area (Å²) in [5.74, 6) is 1.58. The fourth-order valence-corrected chi connectivity index (χ4v) is 4.01. The molecule has 1 amide bonds. The number of piperidine rings is 1. The SMILES string of the molecule is Cc1cc(N2CCN(C(=O)Cc3ccc(F)cc3)CC2)nc(N2CCCCC2)n1. The van der Waals surface area contributed by atoms with Crippen molar-refractivity contribution in [2.45, 2.75) is 32.6 Å². The van der Waals surface area contributed by atoms with E-state index in [0.717, 1.165) is 49.2 Å². The van der Waals surface area contributed by atoms with Gasteiger partial charge in [-0.15, -0.1) is 0 Å². The number of aryl methyl sites for hydroxylation is 1. The van der Waals surface area contributed by atoms with Gasteiger partial charge in [0.25, 0.3) is 0 Å². The second kappa shape index (κ2) is 8.76. The zero-order valence-corrected chi connectivity index (χ0v) is 17.0. The van der Waals surface area contributed by atoms with Crippen LogP contribution < -0.4 is 9.80 Å². The number of carbonyl (C=O) groups is 1. The number of hydrogen-bond acceptors (Lipinski definition) is 5. The molecule has 0 spiro atoms. The number of nitrogens with zero attached hydrogens (tertiary/aromatic N) is 5. The number of amides is 1. The van der Waals surface area contributed by atoms with Crippen molar-refractivity contribution < 1.29 is 9.18 Å². The summed E-state index contributed by atoms with van der Waals surface area (Å²) in [6, 6.07) is 8.18. The van der Waals surface area contributed by atoms with Crippen LogP contribution in [-0.4, -0.2) is 60.0 Å². The molecule has 154 valence electrons. The normalized spacial score (nSPS) is 17.5. The van der Waals surface area contributed by atoms with Crippen molar-refractivity contribution in [1.82, 2.24) is 14.9 Å². The van der Waals surface area contributed by atoms with Gasteiger partial charge in [0, 0.05) is 51.0 Å². The average molecular weight is 397 g/mol. The Morgan fingerprint density at radius 1 is 0.931 bits per heavy atom. The fourth-order valence-electron chi connectivity index (χ4n) is 4.01. The standard InChI is InChI=1S/C22H28FN5O/c1-17-15-20(25-22(24-17)28-9-3-2-4-10-28)26-11-13-27(14-12-26)21(29)16-18-5-7-19(23)8-6-18/h5-8,15H,2-4,9-14,16H2,1H3. The van der Waals surface area contributed by atoms with Crippen LogP contribution in [0.25, 0.3) is 0 Å². The van der Waals surface area contributed by atoms with Gasteiger partial charge >= 0.3 is 0 Å². The van der Waals surface area contributed by atoms with Gasteiger partial charge in [-0.3, -0.25) is 4.79 Å². The lowest BCUT2D eigenvalue weighted by Gasteiger charge is -2.36. The van der Waals surface area contributed by atoms with Crippen molar-refractivity contribution in [2.24, 2.45) is 0 Å². The lowest BCUT2D eigenvalue weighted by Crippen LogP contribution is -2.49. The van der Waals surface area contributed by atoms with Crippen LogP contribution in [0.4, 0.5) is 16.2 Å². The van der Waals surface area contributed by atoms with Crippen molar-refractivity contribution in [3.63, 3.8) is 0 Å². The molecule has 1 aromatic heterocycles. The van der Waals surface area contributed by atoms with Crippen LogP contribution in [0.1, 0.15) is 30.5 Å². The van der Waals surface area contributed by atoms with Gasteiger partial charge in [-0.1, -0.05) is 12.1 Å². The van der Waals surface area contributed by atoms with Gasteiger partial charge in [0.2, 0.25) is 11.9 Å². The van der Waals surface area contributed by atoms with Crippen LogP contribution in [0, 0.1) is 12.7 Å². The largest absolute Gasteiger partial charge is 0.353 e. The number of rotatable bonds is 4. The molecule has 0 unspecified atom stereocenters. The smallest absolute Gasteiger partial charge is 0.227 e. The summed E-state index contributed by atoms with van der Waals surface area (Å²) in [5.41, 5.74) is 1.82. The first kappa shape index (κ1) is 19.6. The quantitative estimate of drug-likeness (QED) is 0.794. The Hall–Kier alpha value is -2.70. The summed E-state index contributed by atoms with van der Waals surface area (Å²) in [6.07, 6.45) is 3.98. The maximum absolute atomic E-state index is 13.0. The Kier molecular flexibility index (Phi) is 5.92. The third-order valence-electron chi connectivity index (χ3n) is 5.69. The molecule has 1 aromatic carbocycles.